The number of hydrogen-bond acceptors (Lipinski definition) is 3. The predicted molar refractivity (Wildman–Crippen MR) is 92.9 cm³/mol. The number of hydrogen-bond donors (Lipinski definition) is 1. The van der Waals surface area contributed by atoms with Gasteiger partial charge in [0.2, 0.25) is 0 Å². The Morgan fingerprint density at radius 1 is 1.33 bits per heavy atom. The maximum Gasteiger partial charge on any atom is 0.0491 e. The van der Waals surface area contributed by atoms with Crippen LogP contribution in [0.25, 0.3) is 0 Å². The van der Waals surface area contributed by atoms with Gasteiger partial charge in [0.25, 0.3) is 0 Å². The summed E-state index contributed by atoms with van der Waals surface area (Å²) >= 11 is 3.71. The highest BCUT2D eigenvalue weighted by molar-refractivity contribution is 9.10. The van der Waals surface area contributed by atoms with E-state index in [0.29, 0.717) is 6.04 Å². The first kappa shape index (κ1) is 16.8. The second-order valence-corrected chi connectivity index (χ2v) is 7.05. The van der Waals surface area contributed by atoms with E-state index < -0.39 is 0 Å². The minimum absolute atomic E-state index is 0.511. The molecular formula is C17H27BrN2O. The van der Waals surface area contributed by atoms with Gasteiger partial charge in [-0.3, -0.25) is 0 Å². The van der Waals surface area contributed by atoms with Crippen molar-refractivity contribution in [1.29, 1.82) is 0 Å². The third-order valence-corrected chi connectivity index (χ3v) is 4.86. The molecule has 2 rings (SSSR count). The van der Waals surface area contributed by atoms with E-state index in [4.69, 9.17) is 4.74 Å². The van der Waals surface area contributed by atoms with Crippen molar-refractivity contribution in [3.8, 4) is 0 Å². The van der Waals surface area contributed by atoms with E-state index in [1.54, 1.807) is 7.11 Å². The van der Waals surface area contributed by atoms with Gasteiger partial charge in [-0.15, -0.1) is 0 Å². The predicted octanol–water partition coefficient (Wildman–Crippen LogP) is 3.81. The quantitative estimate of drug-likeness (QED) is 0.840. The molecule has 0 spiro atoms. The number of ether oxygens (including phenoxy) is 1. The summed E-state index contributed by atoms with van der Waals surface area (Å²) in [5, 5.41) is 3.46. The molecule has 0 bridgehead atoms. The molecule has 1 saturated heterocycles. The summed E-state index contributed by atoms with van der Waals surface area (Å²) < 4.78 is 6.47. The van der Waals surface area contributed by atoms with Gasteiger partial charge in [-0.25, -0.2) is 0 Å². The summed E-state index contributed by atoms with van der Waals surface area (Å²) in [6, 6.07) is 7.25. The lowest BCUT2D eigenvalue weighted by atomic mass is 9.97. The molecule has 4 heteroatoms. The first-order chi connectivity index (χ1) is 10.1. The topological polar surface area (TPSA) is 24.5 Å². The van der Waals surface area contributed by atoms with Gasteiger partial charge in [0.15, 0.2) is 0 Å². The lowest BCUT2D eigenvalue weighted by Gasteiger charge is -2.33. The van der Waals surface area contributed by atoms with E-state index in [9.17, 15) is 0 Å². The number of rotatable bonds is 6. The number of halogens is 1. The van der Waals surface area contributed by atoms with Crippen LogP contribution in [0.1, 0.15) is 32.3 Å². The molecule has 1 aliphatic rings. The minimum atomic E-state index is 0.511. The fourth-order valence-electron chi connectivity index (χ4n) is 2.78. The van der Waals surface area contributed by atoms with Gasteiger partial charge in [0.05, 0.1) is 0 Å². The lowest BCUT2D eigenvalue weighted by molar-refractivity contribution is 0.139. The van der Waals surface area contributed by atoms with Crippen LogP contribution in [0.5, 0.6) is 0 Å². The van der Waals surface area contributed by atoms with Crippen LogP contribution in [0, 0.1) is 5.92 Å². The number of piperidine rings is 1. The Morgan fingerprint density at radius 3 is 2.62 bits per heavy atom. The maximum atomic E-state index is 5.27. The Labute approximate surface area is 137 Å². The standard InChI is InChI=1S/C17H27BrN2O/c1-13(2)19-11-15-4-5-16(10-17(15)18)20-8-6-14(7-9-20)12-21-3/h4-5,10,13-14,19H,6-9,11-12H2,1-3H3. The van der Waals surface area contributed by atoms with Crippen molar-refractivity contribution in [2.24, 2.45) is 5.92 Å². The van der Waals surface area contributed by atoms with Gasteiger partial charge < -0.3 is 15.0 Å². The summed E-state index contributed by atoms with van der Waals surface area (Å²) in [5.74, 6) is 0.726. The van der Waals surface area contributed by atoms with E-state index >= 15 is 0 Å². The van der Waals surface area contributed by atoms with Crippen molar-refractivity contribution in [1.82, 2.24) is 5.32 Å². The molecule has 21 heavy (non-hydrogen) atoms. The molecule has 1 fully saturated rings. The SMILES string of the molecule is COCC1CCN(c2ccc(CNC(C)C)c(Br)c2)CC1. The van der Waals surface area contributed by atoms with Crippen LogP contribution in [0.4, 0.5) is 5.69 Å². The van der Waals surface area contributed by atoms with E-state index in [-0.39, 0.29) is 0 Å². The van der Waals surface area contributed by atoms with Crippen molar-refractivity contribution in [2.75, 3.05) is 31.7 Å². The Hall–Kier alpha value is -0.580. The molecule has 1 heterocycles. The Morgan fingerprint density at radius 2 is 2.05 bits per heavy atom. The van der Waals surface area contributed by atoms with E-state index in [1.807, 2.05) is 0 Å². The third-order valence-electron chi connectivity index (χ3n) is 4.12. The second kappa shape index (κ2) is 8.16. The number of benzene rings is 1. The number of nitrogens with zero attached hydrogens (tertiary/aromatic N) is 1. The summed E-state index contributed by atoms with van der Waals surface area (Å²) in [6.07, 6.45) is 2.45. The van der Waals surface area contributed by atoms with Crippen molar-refractivity contribution < 1.29 is 4.74 Å². The van der Waals surface area contributed by atoms with Crippen LogP contribution < -0.4 is 10.2 Å². The molecule has 1 aliphatic heterocycles. The first-order valence-electron chi connectivity index (χ1n) is 7.86. The molecule has 118 valence electrons. The van der Waals surface area contributed by atoms with Crippen LogP contribution in [0.2, 0.25) is 0 Å². The number of anilines is 1. The highest BCUT2D eigenvalue weighted by Gasteiger charge is 2.19. The smallest absolute Gasteiger partial charge is 0.0491 e. The maximum absolute atomic E-state index is 5.27. The number of nitrogens with one attached hydrogen (secondary N) is 1. The summed E-state index contributed by atoms with van der Waals surface area (Å²) in [7, 11) is 1.80. The van der Waals surface area contributed by atoms with Crippen molar-refractivity contribution in [3.05, 3.63) is 28.2 Å². The van der Waals surface area contributed by atoms with E-state index in [2.05, 4.69) is 58.2 Å². The highest BCUT2D eigenvalue weighted by atomic mass is 79.9. The molecule has 0 radical (unpaired) electrons. The van der Waals surface area contributed by atoms with E-state index in [1.165, 1.54) is 28.6 Å². The fourth-order valence-corrected chi connectivity index (χ4v) is 3.29. The first-order valence-corrected chi connectivity index (χ1v) is 8.65. The van der Waals surface area contributed by atoms with Crippen LogP contribution in [0.3, 0.4) is 0 Å². The number of methoxy groups -OCH3 is 1. The lowest BCUT2D eigenvalue weighted by Crippen LogP contribution is -2.35. The van der Waals surface area contributed by atoms with Crippen LogP contribution in [-0.4, -0.2) is 32.8 Å². The van der Waals surface area contributed by atoms with Gasteiger partial charge in [0, 0.05) is 49.6 Å². The van der Waals surface area contributed by atoms with Crippen molar-refractivity contribution >= 4 is 21.6 Å². The highest BCUT2D eigenvalue weighted by Crippen LogP contribution is 2.28. The molecule has 0 aromatic heterocycles. The average Bonchev–Trinajstić information content (AvgIpc) is 2.47. The summed E-state index contributed by atoms with van der Waals surface area (Å²) in [4.78, 5) is 2.48. The zero-order valence-corrected chi connectivity index (χ0v) is 14.9. The average molecular weight is 355 g/mol. The molecular weight excluding hydrogens is 328 g/mol. The summed E-state index contributed by atoms with van der Waals surface area (Å²) in [5.41, 5.74) is 2.65. The van der Waals surface area contributed by atoms with E-state index in [0.717, 1.165) is 32.2 Å². The second-order valence-electron chi connectivity index (χ2n) is 6.20. The molecule has 0 unspecified atom stereocenters. The molecule has 0 amide bonds. The Bertz CT molecular complexity index is 442. The minimum Gasteiger partial charge on any atom is -0.384 e. The van der Waals surface area contributed by atoms with Gasteiger partial charge in [-0.1, -0.05) is 35.8 Å². The summed E-state index contributed by atoms with van der Waals surface area (Å²) in [6.45, 7) is 8.42. The monoisotopic (exact) mass is 354 g/mol. The van der Waals surface area contributed by atoms with Crippen molar-refractivity contribution in [3.63, 3.8) is 0 Å². The van der Waals surface area contributed by atoms with Crippen molar-refractivity contribution in [2.45, 2.75) is 39.3 Å². The fraction of sp³-hybridized carbons (Fsp3) is 0.647. The van der Waals surface area contributed by atoms with Gasteiger partial charge in [0.1, 0.15) is 0 Å². The van der Waals surface area contributed by atoms with Gasteiger partial charge >= 0.3 is 0 Å². The molecule has 1 aromatic carbocycles. The third kappa shape index (κ3) is 4.97. The Kier molecular flexibility index (Phi) is 6.52. The van der Waals surface area contributed by atoms with Gasteiger partial charge in [-0.05, 0) is 36.5 Å². The molecule has 3 nitrogen and oxygen atoms in total. The van der Waals surface area contributed by atoms with Crippen LogP contribution in [0.15, 0.2) is 22.7 Å². The normalized spacial score (nSPS) is 16.7. The van der Waals surface area contributed by atoms with Gasteiger partial charge in [-0.2, -0.15) is 0 Å². The largest absolute Gasteiger partial charge is 0.384 e. The van der Waals surface area contributed by atoms with Crippen LogP contribution >= 0.6 is 15.9 Å². The molecule has 0 atom stereocenters. The Balaban J connectivity index is 1.94. The zero-order chi connectivity index (χ0) is 15.2. The van der Waals surface area contributed by atoms with Crippen LogP contribution in [-0.2, 0) is 11.3 Å². The molecule has 0 aliphatic carbocycles. The zero-order valence-electron chi connectivity index (χ0n) is 13.4. The molecule has 1 N–H and O–H groups in total. The molecule has 1 aromatic rings. The molecule has 0 saturated carbocycles.